The van der Waals surface area contributed by atoms with Gasteiger partial charge in [0.2, 0.25) is 0 Å². The molecule has 0 unspecified atom stereocenters. The number of rotatable bonds is 5. The minimum atomic E-state index is 0.745. The van der Waals surface area contributed by atoms with E-state index < -0.39 is 0 Å². The summed E-state index contributed by atoms with van der Waals surface area (Å²) in [5.41, 5.74) is 1.99. The zero-order chi connectivity index (χ0) is 13.0. The highest BCUT2D eigenvalue weighted by Gasteiger charge is 2.13. The van der Waals surface area contributed by atoms with Crippen LogP contribution in [-0.2, 0) is 6.42 Å². The summed E-state index contributed by atoms with van der Waals surface area (Å²) in [6, 6.07) is 10.0. The average molecular weight is 260 g/mol. The fourth-order valence-electron chi connectivity index (χ4n) is 1.76. The molecular weight excluding hydrogens is 244 g/mol. The van der Waals surface area contributed by atoms with Gasteiger partial charge in [0.1, 0.15) is 0 Å². The van der Waals surface area contributed by atoms with E-state index in [2.05, 4.69) is 11.9 Å². The number of carbonyl (C=O) groups is 1. The van der Waals surface area contributed by atoms with Gasteiger partial charge in [-0.2, -0.15) is 0 Å². The van der Waals surface area contributed by atoms with E-state index in [9.17, 15) is 4.79 Å². The SMILES string of the molecule is CCCc1nc(N(C)c2ccccc2)sc1C=O. The van der Waals surface area contributed by atoms with Crippen LogP contribution < -0.4 is 4.90 Å². The van der Waals surface area contributed by atoms with Gasteiger partial charge in [-0.1, -0.05) is 42.9 Å². The highest BCUT2D eigenvalue weighted by atomic mass is 32.1. The van der Waals surface area contributed by atoms with Crippen molar-refractivity contribution in [2.45, 2.75) is 19.8 Å². The third-order valence-electron chi connectivity index (χ3n) is 2.74. The van der Waals surface area contributed by atoms with Crippen LogP contribution in [0.1, 0.15) is 28.7 Å². The first-order chi connectivity index (χ1) is 8.76. The van der Waals surface area contributed by atoms with Gasteiger partial charge in [-0.15, -0.1) is 0 Å². The van der Waals surface area contributed by atoms with Gasteiger partial charge in [0.05, 0.1) is 10.6 Å². The summed E-state index contributed by atoms with van der Waals surface area (Å²) in [6.45, 7) is 2.09. The van der Waals surface area contributed by atoms with Gasteiger partial charge in [-0.25, -0.2) is 4.98 Å². The van der Waals surface area contributed by atoms with Crippen molar-refractivity contribution in [1.29, 1.82) is 0 Å². The predicted octanol–water partition coefficient (Wildman–Crippen LogP) is 3.68. The minimum absolute atomic E-state index is 0.745. The Morgan fingerprint density at radius 3 is 2.67 bits per heavy atom. The summed E-state index contributed by atoms with van der Waals surface area (Å²) in [7, 11) is 1.97. The molecule has 0 radical (unpaired) electrons. The molecule has 0 saturated carbocycles. The molecule has 2 rings (SSSR count). The number of aromatic nitrogens is 1. The van der Waals surface area contributed by atoms with Crippen molar-refractivity contribution in [1.82, 2.24) is 4.98 Å². The van der Waals surface area contributed by atoms with Gasteiger partial charge in [-0.05, 0) is 18.6 Å². The molecule has 94 valence electrons. The molecule has 0 aliphatic carbocycles. The molecule has 0 amide bonds. The first-order valence-corrected chi connectivity index (χ1v) is 6.81. The molecule has 2 aromatic rings. The van der Waals surface area contributed by atoms with Crippen molar-refractivity contribution in [2.75, 3.05) is 11.9 Å². The number of hydrogen-bond donors (Lipinski definition) is 0. The summed E-state index contributed by atoms with van der Waals surface area (Å²) >= 11 is 1.45. The second-order valence-corrected chi connectivity index (χ2v) is 5.08. The molecular formula is C14H16N2OS. The van der Waals surface area contributed by atoms with E-state index in [1.165, 1.54) is 11.3 Å². The molecule has 0 N–H and O–H groups in total. The van der Waals surface area contributed by atoms with E-state index in [-0.39, 0.29) is 0 Å². The molecule has 1 heterocycles. The molecule has 0 aliphatic rings. The van der Waals surface area contributed by atoms with E-state index in [0.717, 1.165) is 40.5 Å². The number of thiazole rings is 1. The van der Waals surface area contributed by atoms with Gasteiger partial charge in [0.15, 0.2) is 11.4 Å². The maximum Gasteiger partial charge on any atom is 0.190 e. The number of hydrogen-bond acceptors (Lipinski definition) is 4. The molecule has 4 heteroatoms. The quantitative estimate of drug-likeness (QED) is 0.769. The fourth-order valence-corrected chi connectivity index (χ4v) is 2.67. The van der Waals surface area contributed by atoms with Crippen LogP contribution in [0.25, 0.3) is 0 Å². The molecule has 0 spiro atoms. The van der Waals surface area contributed by atoms with Crippen molar-refractivity contribution in [2.24, 2.45) is 0 Å². The highest BCUT2D eigenvalue weighted by Crippen LogP contribution is 2.30. The Bertz CT molecular complexity index is 522. The first kappa shape index (κ1) is 12.8. The van der Waals surface area contributed by atoms with Crippen molar-refractivity contribution in [3.8, 4) is 0 Å². The van der Waals surface area contributed by atoms with Crippen LogP contribution in [0.5, 0.6) is 0 Å². The molecule has 0 fully saturated rings. The molecule has 0 atom stereocenters. The highest BCUT2D eigenvalue weighted by molar-refractivity contribution is 7.17. The van der Waals surface area contributed by atoms with Crippen molar-refractivity contribution >= 4 is 28.4 Å². The molecule has 0 saturated heterocycles. The van der Waals surface area contributed by atoms with Crippen LogP contribution >= 0.6 is 11.3 Å². The monoisotopic (exact) mass is 260 g/mol. The van der Waals surface area contributed by atoms with Crippen LogP contribution in [0.15, 0.2) is 30.3 Å². The predicted molar refractivity (Wildman–Crippen MR) is 76.0 cm³/mol. The fraction of sp³-hybridized carbons (Fsp3) is 0.286. The van der Waals surface area contributed by atoms with Crippen LogP contribution in [0, 0.1) is 0 Å². The number of aryl methyl sites for hydroxylation is 1. The van der Waals surface area contributed by atoms with Crippen LogP contribution in [-0.4, -0.2) is 18.3 Å². The molecule has 1 aromatic heterocycles. The minimum Gasteiger partial charge on any atom is -0.321 e. The second kappa shape index (κ2) is 5.78. The Labute approximate surface area is 111 Å². The van der Waals surface area contributed by atoms with E-state index in [1.807, 2.05) is 42.3 Å². The topological polar surface area (TPSA) is 33.2 Å². The molecule has 0 aliphatic heterocycles. The van der Waals surface area contributed by atoms with Crippen LogP contribution in [0.4, 0.5) is 10.8 Å². The maximum absolute atomic E-state index is 11.0. The number of carbonyl (C=O) groups excluding carboxylic acids is 1. The summed E-state index contributed by atoms with van der Waals surface area (Å²) in [4.78, 5) is 18.3. The lowest BCUT2D eigenvalue weighted by Crippen LogP contribution is -2.08. The molecule has 1 aromatic carbocycles. The van der Waals surface area contributed by atoms with E-state index in [4.69, 9.17) is 0 Å². The van der Waals surface area contributed by atoms with E-state index in [0.29, 0.717) is 0 Å². The van der Waals surface area contributed by atoms with E-state index in [1.54, 1.807) is 0 Å². The standard InChI is InChI=1S/C14H16N2OS/c1-3-7-12-13(10-17)18-14(15-12)16(2)11-8-5-4-6-9-11/h4-6,8-10H,3,7H2,1-2H3. The maximum atomic E-state index is 11.0. The number of nitrogens with zero attached hydrogens (tertiary/aromatic N) is 2. The van der Waals surface area contributed by atoms with E-state index >= 15 is 0 Å². The average Bonchev–Trinajstić information content (AvgIpc) is 2.82. The normalized spacial score (nSPS) is 10.3. The van der Waals surface area contributed by atoms with Gasteiger partial charge < -0.3 is 4.90 Å². The van der Waals surface area contributed by atoms with Crippen molar-refractivity contribution in [3.05, 3.63) is 40.9 Å². The number of para-hydroxylation sites is 1. The second-order valence-electron chi connectivity index (χ2n) is 4.07. The lowest BCUT2D eigenvalue weighted by molar-refractivity contribution is 0.112. The Morgan fingerprint density at radius 1 is 1.33 bits per heavy atom. The Hall–Kier alpha value is -1.68. The lowest BCUT2D eigenvalue weighted by atomic mass is 10.2. The third kappa shape index (κ3) is 2.59. The van der Waals surface area contributed by atoms with Gasteiger partial charge in [-0.3, -0.25) is 4.79 Å². The first-order valence-electron chi connectivity index (χ1n) is 6.00. The lowest BCUT2D eigenvalue weighted by Gasteiger charge is -2.15. The van der Waals surface area contributed by atoms with Crippen molar-refractivity contribution < 1.29 is 4.79 Å². The number of anilines is 2. The summed E-state index contributed by atoms with van der Waals surface area (Å²) in [5.74, 6) is 0. The van der Waals surface area contributed by atoms with Gasteiger partial charge in [0, 0.05) is 12.7 Å². The Balaban J connectivity index is 2.31. The summed E-state index contributed by atoms with van der Waals surface area (Å²) in [6.07, 6.45) is 2.76. The molecule has 18 heavy (non-hydrogen) atoms. The zero-order valence-corrected chi connectivity index (χ0v) is 11.4. The number of aldehydes is 1. The zero-order valence-electron chi connectivity index (χ0n) is 10.6. The Morgan fingerprint density at radius 2 is 2.06 bits per heavy atom. The summed E-state index contributed by atoms with van der Waals surface area (Å²) < 4.78 is 0. The van der Waals surface area contributed by atoms with Gasteiger partial charge in [0.25, 0.3) is 0 Å². The molecule has 3 nitrogen and oxygen atoms in total. The smallest absolute Gasteiger partial charge is 0.190 e. The molecule has 0 bridgehead atoms. The Kier molecular flexibility index (Phi) is 4.10. The van der Waals surface area contributed by atoms with Crippen LogP contribution in [0.2, 0.25) is 0 Å². The summed E-state index contributed by atoms with van der Waals surface area (Å²) in [5, 5.41) is 0.867. The third-order valence-corrected chi connectivity index (χ3v) is 3.84. The van der Waals surface area contributed by atoms with Crippen LogP contribution in [0.3, 0.4) is 0 Å². The number of benzene rings is 1. The van der Waals surface area contributed by atoms with Crippen molar-refractivity contribution in [3.63, 3.8) is 0 Å². The van der Waals surface area contributed by atoms with Gasteiger partial charge >= 0.3 is 0 Å². The largest absolute Gasteiger partial charge is 0.321 e.